The molecule has 0 atom stereocenters. The molecule has 18 heavy (non-hydrogen) atoms. The average molecular weight is 318 g/mol. The molecule has 5 heteroatoms. The van der Waals surface area contributed by atoms with Crippen LogP contribution < -0.4 is 14.8 Å². The van der Waals surface area contributed by atoms with Crippen LogP contribution in [0.2, 0.25) is 0 Å². The number of ether oxygens (including phenoxy) is 2. The molecule has 0 unspecified atom stereocenters. The summed E-state index contributed by atoms with van der Waals surface area (Å²) >= 11 is 3.44. The average Bonchev–Trinajstić information content (AvgIpc) is 2.38. The van der Waals surface area contributed by atoms with Gasteiger partial charge in [-0.1, -0.05) is 15.9 Å². The van der Waals surface area contributed by atoms with E-state index in [-0.39, 0.29) is 5.75 Å². The fourth-order valence-electron chi connectivity index (χ4n) is 2.48. The number of benzene rings is 1. The van der Waals surface area contributed by atoms with Gasteiger partial charge in [0.25, 0.3) is 0 Å². The van der Waals surface area contributed by atoms with E-state index in [0.717, 1.165) is 36.0 Å². The Bertz CT molecular complexity index is 433. The van der Waals surface area contributed by atoms with Crippen LogP contribution in [0.25, 0.3) is 0 Å². The fraction of sp³-hybridized carbons (Fsp3) is 0.538. The molecule has 0 spiro atoms. The van der Waals surface area contributed by atoms with Gasteiger partial charge < -0.3 is 14.8 Å². The monoisotopic (exact) mass is 317 g/mol. The molecule has 2 rings (SSSR count). The standard InChI is InChI=1S/C13H17BrFNO2/c1-17-12-10(15)7-9(14)11(13(12)18-2)8-3-5-16-6-4-8/h7-8,16H,3-6H2,1-2H3. The molecule has 1 saturated heterocycles. The summed E-state index contributed by atoms with van der Waals surface area (Å²) in [5.74, 6) is 0.662. The van der Waals surface area contributed by atoms with Crippen molar-refractivity contribution >= 4 is 15.9 Å². The van der Waals surface area contributed by atoms with Gasteiger partial charge in [0.15, 0.2) is 17.3 Å². The summed E-state index contributed by atoms with van der Waals surface area (Å²) in [4.78, 5) is 0. The summed E-state index contributed by atoms with van der Waals surface area (Å²) < 4.78 is 25.0. The van der Waals surface area contributed by atoms with Gasteiger partial charge in [-0.15, -0.1) is 0 Å². The highest BCUT2D eigenvalue weighted by Crippen LogP contribution is 2.44. The van der Waals surface area contributed by atoms with E-state index in [4.69, 9.17) is 9.47 Å². The first-order valence-electron chi connectivity index (χ1n) is 5.99. The quantitative estimate of drug-likeness (QED) is 0.929. The van der Waals surface area contributed by atoms with E-state index in [1.165, 1.54) is 13.2 Å². The Kier molecular flexibility index (Phi) is 4.45. The third-order valence-electron chi connectivity index (χ3n) is 3.33. The lowest BCUT2D eigenvalue weighted by Gasteiger charge is -2.26. The predicted octanol–water partition coefficient (Wildman–Crippen LogP) is 3.07. The van der Waals surface area contributed by atoms with Gasteiger partial charge in [-0.05, 0) is 37.9 Å². The molecule has 0 bridgehead atoms. The molecular weight excluding hydrogens is 301 g/mol. The smallest absolute Gasteiger partial charge is 0.197 e. The maximum atomic E-state index is 13.8. The van der Waals surface area contributed by atoms with Crippen LogP contribution in [0.4, 0.5) is 4.39 Å². The van der Waals surface area contributed by atoms with Crippen molar-refractivity contribution in [3.05, 3.63) is 21.9 Å². The van der Waals surface area contributed by atoms with Gasteiger partial charge in [0.05, 0.1) is 14.2 Å². The molecule has 0 aromatic heterocycles. The second kappa shape index (κ2) is 5.89. The van der Waals surface area contributed by atoms with Gasteiger partial charge in [0.2, 0.25) is 0 Å². The molecule has 0 aliphatic carbocycles. The van der Waals surface area contributed by atoms with Crippen molar-refractivity contribution in [1.29, 1.82) is 0 Å². The lowest BCUT2D eigenvalue weighted by atomic mass is 9.89. The summed E-state index contributed by atoms with van der Waals surface area (Å²) in [6, 6.07) is 1.46. The topological polar surface area (TPSA) is 30.5 Å². The van der Waals surface area contributed by atoms with Crippen molar-refractivity contribution in [2.24, 2.45) is 0 Å². The van der Waals surface area contributed by atoms with Crippen LogP contribution in [-0.2, 0) is 0 Å². The van der Waals surface area contributed by atoms with Crippen LogP contribution >= 0.6 is 15.9 Å². The Morgan fingerprint density at radius 3 is 2.39 bits per heavy atom. The van der Waals surface area contributed by atoms with Gasteiger partial charge in [-0.25, -0.2) is 4.39 Å². The zero-order chi connectivity index (χ0) is 13.1. The van der Waals surface area contributed by atoms with Crippen molar-refractivity contribution in [2.45, 2.75) is 18.8 Å². The molecule has 0 amide bonds. The van der Waals surface area contributed by atoms with Crippen LogP contribution in [0.3, 0.4) is 0 Å². The zero-order valence-corrected chi connectivity index (χ0v) is 12.1. The molecule has 1 aliphatic heterocycles. The molecule has 3 nitrogen and oxygen atoms in total. The fourth-order valence-corrected chi connectivity index (χ4v) is 3.18. The Labute approximate surface area is 115 Å². The molecular formula is C13H17BrFNO2. The normalized spacial score (nSPS) is 16.7. The first-order valence-corrected chi connectivity index (χ1v) is 6.79. The molecule has 1 heterocycles. The number of halogens is 2. The zero-order valence-electron chi connectivity index (χ0n) is 10.6. The molecule has 100 valence electrons. The van der Waals surface area contributed by atoms with E-state index in [2.05, 4.69) is 21.2 Å². The van der Waals surface area contributed by atoms with E-state index in [0.29, 0.717) is 11.7 Å². The van der Waals surface area contributed by atoms with Crippen molar-refractivity contribution < 1.29 is 13.9 Å². The number of nitrogens with one attached hydrogen (secondary N) is 1. The first-order chi connectivity index (χ1) is 8.69. The minimum atomic E-state index is -0.404. The maximum Gasteiger partial charge on any atom is 0.197 e. The van der Waals surface area contributed by atoms with Gasteiger partial charge in [0, 0.05) is 10.0 Å². The largest absolute Gasteiger partial charge is 0.492 e. The SMILES string of the molecule is COc1c(F)cc(Br)c(C2CCNCC2)c1OC. The van der Waals surface area contributed by atoms with E-state index in [1.807, 2.05) is 0 Å². The van der Waals surface area contributed by atoms with Crippen LogP contribution in [0.1, 0.15) is 24.3 Å². The number of hydrogen-bond donors (Lipinski definition) is 1. The van der Waals surface area contributed by atoms with Gasteiger partial charge in [-0.3, -0.25) is 0 Å². The lowest BCUT2D eigenvalue weighted by Crippen LogP contribution is -2.27. The summed E-state index contributed by atoms with van der Waals surface area (Å²) in [7, 11) is 3.01. The second-order valence-electron chi connectivity index (χ2n) is 4.34. The van der Waals surface area contributed by atoms with E-state index in [1.54, 1.807) is 7.11 Å². The third kappa shape index (κ3) is 2.47. The molecule has 1 N–H and O–H groups in total. The highest BCUT2D eigenvalue weighted by molar-refractivity contribution is 9.10. The lowest BCUT2D eigenvalue weighted by molar-refractivity contribution is 0.328. The van der Waals surface area contributed by atoms with Crippen molar-refractivity contribution in [3.63, 3.8) is 0 Å². The minimum absolute atomic E-state index is 0.189. The summed E-state index contributed by atoms with van der Waals surface area (Å²) in [5.41, 5.74) is 1.01. The summed E-state index contributed by atoms with van der Waals surface area (Å²) in [5, 5.41) is 3.32. The van der Waals surface area contributed by atoms with Crippen LogP contribution in [-0.4, -0.2) is 27.3 Å². The van der Waals surface area contributed by atoms with E-state index >= 15 is 0 Å². The molecule has 1 fully saturated rings. The molecule has 1 aromatic rings. The molecule has 1 aromatic carbocycles. The highest BCUT2D eigenvalue weighted by Gasteiger charge is 2.26. The molecule has 0 saturated carbocycles. The Hall–Kier alpha value is -0.810. The molecule has 0 radical (unpaired) electrons. The van der Waals surface area contributed by atoms with Gasteiger partial charge >= 0.3 is 0 Å². The van der Waals surface area contributed by atoms with Gasteiger partial charge in [0.1, 0.15) is 0 Å². The minimum Gasteiger partial charge on any atom is -0.492 e. The Morgan fingerprint density at radius 2 is 1.83 bits per heavy atom. The predicted molar refractivity (Wildman–Crippen MR) is 72.0 cm³/mol. The Balaban J connectivity index is 2.49. The maximum absolute atomic E-state index is 13.8. The number of hydrogen-bond acceptors (Lipinski definition) is 3. The molecule has 1 aliphatic rings. The van der Waals surface area contributed by atoms with E-state index in [9.17, 15) is 4.39 Å². The van der Waals surface area contributed by atoms with Crippen LogP contribution in [0, 0.1) is 5.82 Å². The number of piperidine rings is 1. The Morgan fingerprint density at radius 1 is 1.22 bits per heavy atom. The third-order valence-corrected chi connectivity index (χ3v) is 3.99. The summed E-state index contributed by atoms with van der Waals surface area (Å²) in [6.07, 6.45) is 2.04. The van der Waals surface area contributed by atoms with Crippen LogP contribution in [0.5, 0.6) is 11.5 Å². The van der Waals surface area contributed by atoms with Crippen LogP contribution in [0.15, 0.2) is 10.5 Å². The first kappa shape index (κ1) is 13.6. The second-order valence-corrected chi connectivity index (χ2v) is 5.20. The number of methoxy groups -OCH3 is 2. The number of rotatable bonds is 3. The van der Waals surface area contributed by atoms with Crippen molar-refractivity contribution in [2.75, 3.05) is 27.3 Å². The summed E-state index contributed by atoms with van der Waals surface area (Å²) in [6.45, 7) is 1.94. The van der Waals surface area contributed by atoms with Crippen molar-refractivity contribution in [3.8, 4) is 11.5 Å². The highest BCUT2D eigenvalue weighted by atomic mass is 79.9. The van der Waals surface area contributed by atoms with Crippen molar-refractivity contribution in [1.82, 2.24) is 5.32 Å². The van der Waals surface area contributed by atoms with Gasteiger partial charge in [-0.2, -0.15) is 0 Å². The van der Waals surface area contributed by atoms with E-state index < -0.39 is 5.82 Å².